The second kappa shape index (κ2) is 6.39. The van der Waals surface area contributed by atoms with E-state index in [2.05, 4.69) is 21.2 Å². The van der Waals surface area contributed by atoms with Gasteiger partial charge in [0.25, 0.3) is 0 Å². The van der Waals surface area contributed by atoms with Crippen molar-refractivity contribution in [2.75, 3.05) is 19.6 Å². The molecule has 7 heteroatoms. The smallest absolute Gasteiger partial charge is 0.228 e. The van der Waals surface area contributed by atoms with Gasteiger partial charge in [-0.05, 0) is 18.9 Å². The van der Waals surface area contributed by atoms with Crippen LogP contribution >= 0.6 is 0 Å². The van der Waals surface area contributed by atoms with Gasteiger partial charge in [0.15, 0.2) is 0 Å². The maximum atomic E-state index is 12.9. The number of likely N-dealkylation sites (tertiary alicyclic amines) is 1. The Morgan fingerprint density at radius 3 is 2.83 bits per heavy atom. The molecule has 1 unspecified atom stereocenters. The van der Waals surface area contributed by atoms with E-state index in [1.165, 1.54) is 11.3 Å². The van der Waals surface area contributed by atoms with Crippen LogP contribution in [0, 0.1) is 5.92 Å². The van der Waals surface area contributed by atoms with Crippen molar-refractivity contribution in [2.24, 2.45) is 13.0 Å². The first kappa shape index (κ1) is 15.4. The van der Waals surface area contributed by atoms with Gasteiger partial charge in [-0.2, -0.15) is 10.2 Å². The number of rotatable bonds is 3. The Balaban J connectivity index is 1.54. The molecule has 4 rings (SSSR count). The Morgan fingerprint density at radius 1 is 1.25 bits per heavy atom. The van der Waals surface area contributed by atoms with Crippen LogP contribution in [0.3, 0.4) is 0 Å². The first-order valence-electron chi connectivity index (χ1n) is 8.68. The zero-order valence-corrected chi connectivity index (χ0v) is 14.1. The topological polar surface area (TPSA) is 59.2 Å². The lowest BCUT2D eigenvalue weighted by Gasteiger charge is -2.26. The van der Waals surface area contributed by atoms with Crippen LogP contribution in [0.15, 0.2) is 24.7 Å². The molecule has 1 saturated heterocycles. The van der Waals surface area contributed by atoms with Crippen LogP contribution in [0.25, 0.3) is 0 Å². The molecule has 0 spiro atoms. The molecule has 2 aliphatic heterocycles. The monoisotopic (exact) mass is 328 g/mol. The minimum atomic E-state index is -0.0269. The molecule has 0 aromatic carbocycles. The molecular weight excluding hydrogens is 304 g/mol. The number of aromatic nitrogens is 4. The molecule has 0 saturated carbocycles. The second-order valence-electron chi connectivity index (χ2n) is 6.93. The lowest BCUT2D eigenvalue weighted by Crippen LogP contribution is -2.40. The average molecular weight is 328 g/mol. The van der Waals surface area contributed by atoms with Gasteiger partial charge in [-0.1, -0.05) is 0 Å². The van der Waals surface area contributed by atoms with Crippen LogP contribution in [0.2, 0.25) is 0 Å². The first-order valence-corrected chi connectivity index (χ1v) is 8.68. The van der Waals surface area contributed by atoms with Crippen molar-refractivity contribution in [3.8, 4) is 0 Å². The predicted octanol–water partition coefficient (Wildman–Crippen LogP) is 0.871. The molecular formula is C17H24N6O. The molecule has 1 atom stereocenters. The highest BCUT2D eigenvalue weighted by molar-refractivity contribution is 5.79. The Labute approximate surface area is 141 Å². The number of hydrogen-bond donors (Lipinski definition) is 0. The Morgan fingerprint density at radius 2 is 2.08 bits per heavy atom. The van der Waals surface area contributed by atoms with Gasteiger partial charge in [-0.25, -0.2) is 0 Å². The van der Waals surface area contributed by atoms with Crippen molar-refractivity contribution in [3.63, 3.8) is 0 Å². The Bertz CT molecular complexity index is 714. The number of carbonyl (C=O) groups excluding carboxylic acids is 1. The minimum Gasteiger partial charge on any atom is -0.342 e. The van der Waals surface area contributed by atoms with Crippen molar-refractivity contribution >= 4 is 5.91 Å². The van der Waals surface area contributed by atoms with Crippen molar-refractivity contribution in [2.45, 2.75) is 32.5 Å². The third-order valence-corrected chi connectivity index (χ3v) is 4.99. The molecule has 7 nitrogen and oxygen atoms in total. The van der Waals surface area contributed by atoms with Crippen molar-refractivity contribution < 1.29 is 4.79 Å². The van der Waals surface area contributed by atoms with Crippen molar-refractivity contribution in [1.29, 1.82) is 0 Å². The van der Waals surface area contributed by atoms with E-state index in [0.717, 1.165) is 45.6 Å². The summed E-state index contributed by atoms with van der Waals surface area (Å²) < 4.78 is 3.83. The first-order chi connectivity index (χ1) is 11.7. The van der Waals surface area contributed by atoms with Crippen LogP contribution in [-0.4, -0.2) is 54.9 Å². The van der Waals surface area contributed by atoms with Crippen LogP contribution in [0.5, 0.6) is 0 Å². The number of nitrogens with zero attached hydrogens (tertiary/aromatic N) is 6. The van der Waals surface area contributed by atoms with Gasteiger partial charge in [-0.3, -0.25) is 19.1 Å². The molecule has 128 valence electrons. The second-order valence-corrected chi connectivity index (χ2v) is 6.93. The van der Waals surface area contributed by atoms with Crippen molar-refractivity contribution in [1.82, 2.24) is 29.4 Å². The summed E-state index contributed by atoms with van der Waals surface area (Å²) in [5.74, 6) is 0.257. The van der Waals surface area contributed by atoms with Gasteiger partial charge in [0.05, 0.1) is 24.4 Å². The standard InChI is InChI=1S/C17H24N6O/c1-20-9-14(8-19-20)10-21-11-15(17(24)22-6-2-3-7-22)12-23-16(13-21)4-5-18-23/h4-5,8-9,15H,2-3,6-7,10-13H2,1H3. The fraction of sp³-hybridized carbons (Fsp3) is 0.588. The maximum Gasteiger partial charge on any atom is 0.228 e. The van der Waals surface area contributed by atoms with Crippen LogP contribution < -0.4 is 0 Å². The highest BCUT2D eigenvalue weighted by atomic mass is 16.2. The summed E-state index contributed by atoms with van der Waals surface area (Å²) in [7, 11) is 1.93. The summed E-state index contributed by atoms with van der Waals surface area (Å²) in [4.78, 5) is 17.3. The van der Waals surface area contributed by atoms with E-state index in [0.29, 0.717) is 6.54 Å². The van der Waals surface area contributed by atoms with Gasteiger partial charge < -0.3 is 4.90 Å². The van der Waals surface area contributed by atoms with Gasteiger partial charge in [-0.15, -0.1) is 0 Å². The van der Waals surface area contributed by atoms with E-state index in [4.69, 9.17) is 0 Å². The van der Waals surface area contributed by atoms with Crippen LogP contribution in [-0.2, 0) is 31.5 Å². The minimum absolute atomic E-state index is 0.0269. The third kappa shape index (κ3) is 3.08. The summed E-state index contributed by atoms with van der Waals surface area (Å²) in [6, 6.07) is 2.05. The number of carbonyl (C=O) groups is 1. The molecule has 24 heavy (non-hydrogen) atoms. The Hall–Kier alpha value is -2.15. The van der Waals surface area contributed by atoms with E-state index in [9.17, 15) is 4.79 Å². The number of hydrogen-bond acceptors (Lipinski definition) is 4. The van der Waals surface area contributed by atoms with Crippen molar-refractivity contribution in [3.05, 3.63) is 35.9 Å². The molecule has 0 bridgehead atoms. The van der Waals surface area contributed by atoms with E-state index < -0.39 is 0 Å². The predicted molar refractivity (Wildman–Crippen MR) is 88.9 cm³/mol. The lowest BCUT2D eigenvalue weighted by atomic mass is 10.1. The van der Waals surface area contributed by atoms with E-state index in [1.54, 1.807) is 0 Å². The van der Waals surface area contributed by atoms with E-state index in [1.807, 2.05) is 39.9 Å². The number of amides is 1. The fourth-order valence-electron chi connectivity index (χ4n) is 3.81. The summed E-state index contributed by atoms with van der Waals surface area (Å²) in [6.45, 7) is 4.89. The molecule has 0 aliphatic carbocycles. The Kier molecular flexibility index (Phi) is 4.10. The molecule has 0 N–H and O–H groups in total. The molecule has 2 aromatic rings. The fourth-order valence-corrected chi connectivity index (χ4v) is 3.81. The largest absolute Gasteiger partial charge is 0.342 e. The van der Waals surface area contributed by atoms with Crippen LogP contribution in [0.4, 0.5) is 0 Å². The molecule has 2 aromatic heterocycles. The zero-order valence-electron chi connectivity index (χ0n) is 14.1. The van der Waals surface area contributed by atoms with Gasteiger partial charge in [0.2, 0.25) is 5.91 Å². The maximum absolute atomic E-state index is 12.9. The highest BCUT2D eigenvalue weighted by Crippen LogP contribution is 2.21. The molecule has 1 amide bonds. The van der Waals surface area contributed by atoms with Gasteiger partial charge in [0, 0.05) is 57.7 Å². The van der Waals surface area contributed by atoms with Gasteiger partial charge >= 0.3 is 0 Å². The van der Waals surface area contributed by atoms with Gasteiger partial charge in [0.1, 0.15) is 0 Å². The molecule has 0 radical (unpaired) electrons. The lowest BCUT2D eigenvalue weighted by molar-refractivity contribution is -0.135. The SMILES string of the molecule is Cn1cc(CN2Cc3ccnn3CC(C(=O)N3CCCC3)C2)cn1. The molecule has 4 heterocycles. The number of fused-ring (bicyclic) bond motifs is 1. The van der Waals surface area contributed by atoms with E-state index in [-0.39, 0.29) is 11.8 Å². The normalized spacial score (nSPS) is 21.7. The summed E-state index contributed by atoms with van der Waals surface area (Å²) in [5.41, 5.74) is 2.36. The highest BCUT2D eigenvalue weighted by Gasteiger charge is 2.31. The molecule has 2 aliphatic rings. The zero-order chi connectivity index (χ0) is 16.5. The number of aryl methyl sites for hydroxylation is 1. The average Bonchev–Trinajstić information content (AvgIpc) is 3.28. The molecule has 1 fully saturated rings. The third-order valence-electron chi connectivity index (χ3n) is 4.99. The summed E-state index contributed by atoms with van der Waals surface area (Å²) >= 11 is 0. The van der Waals surface area contributed by atoms with Crippen LogP contribution in [0.1, 0.15) is 24.1 Å². The van der Waals surface area contributed by atoms with E-state index >= 15 is 0 Å². The summed E-state index contributed by atoms with van der Waals surface area (Å²) in [5, 5.41) is 8.68. The quantitative estimate of drug-likeness (QED) is 0.839. The summed E-state index contributed by atoms with van der Waals surface area (Å²) in [6.07, 6.45) is 8.04.